The second kappa shape index (κ2) is 8.96. The van der Waals surface area contributed by atoms with Crippen molar-refractivity contribution in [2.45, 2.75) is 18.7 Å². The van der Waals surface area contributed by atoms with Gasteiger partial charge >= 0.3 is 11.9 Å². The third-order valence-electron chi connectivity index (χ3n) is 4.24. The van der Waals surface area contributed by atoms with Crippen LogP contribution < -0.4 is 4.72 Å². The Balaban J connectivity index is 2.00. The van der Waals surface area contributed by atoms with Gasteiger partial charge in [0.1, 0.15) is 0 Å². The fourth-order valence-electron chi connectivity index (χ4n) is 2.90. The van der Waals surface area contributed by atoms with Crippen LogP contribution in [0.1, 0.15) is 34.6 Å². The molecule has 0 radical (unpaired) electrons. The van der Waals surface area contributed by atoms with E-state index in [1.165, 1.54) is 24.3 Å². The molecule has 1 N–H and O–H groups in total. The van der Waals surface area contributed by atoms with Gasteiger partial charge in [0.15, 0.2) is 0 Å². The van der Waals surface area contributed by atoms with Crippen molar-refractivity contribution in [2.75, 3.05) is 17.9 Å². The van der Waals surface area contributed by atoms with E-state index in [2.05, 4.69) is 4.72 Å². The number of ether oxygens (including phenoxy) is 2. The van der Waals surface area contributed by atoms with Gasteiger partial charge in [0.05, 0.1) is 34.9 Å². The summed E-state index contributed by atoms with van der Waals surface area (Å²) in [6, 6.07) is 16.1. The van der Waals surface area contributed by atoms with E-state index in [-0.39, 0.29) is 34.9 Å². The lowest BCUT2D eigenvalue weighted by molar-refractivity contribution is 0.0525. The lowest BCUT2D eigenvalue weighted by Crippen LogP contribution is -2.15. The summed E-state index contributed by atoms with van der Waals surface area (Å²) in [4.78, 5) is 24.4. The van der Waals surface area contributed by atoms with Crippen molar-refractivity contribution < 1.29 is 27.5 Å². The standard InChI is InChI=1S/C22H21NO6S/c1-3-28-21(24)17-11-18(22(25)29-4-2)13-19(12-17)23-30(26,27)20-10-9-15-7-5-6-8-16(15)14-20/h5-14,23H,3-4H2,1-2H3. The Morgan fingerprint density at radius 3 is 1.93 bits per heavy atom. The summed E-state index contributed by atoms with van der Waals surface area (Å²) in [6.45, 7) is 3.58. The Labute approximate surface area is 174 Å². The molecule has 0 aliphatic heterocycles. The molecule has 0 unspecified atom stereocenters. The van der Waals surface area contributed by atoms with Crippen LogP contribution in [0.2, 0.25) is 0 Å². The van der Waals surface area contributed by atoms with E-state index in [0.717, 1.165) is 10.8 Å². The Kier molecular flexibility index (Phi) is 6.37. The molecule has 7 nitrogen and oxygen atoms in total. The highest BCUT2D eigenvalue weighted by Crippen LogP contribution is 2.23. The van der Waals surface area contributed by atoms with Crippen molar-refractivity contribution in [3.8, 4) is 0 Å². The third kappa shape index (κ3) is 4.77. The summed E-state index contributed by atoms with van der Waals surface area (Å²) < 4.78 is 38.2. The molecule has 0 aliphatic carbocycles. The van der Waals surface area contributed by atoms with Crippen molar-refractivity contribution in [1.82, 2.24) is 0 Å². The number of anilines is 1. The fraction of sp³-hybridized carbons (Fsp3) is 0.182. The van der Waals surface area contributed by atoms with E-state index >= 15 is 0 Å². The monoisotopic (exact) mass is 427 g/mol. The van der Waals surface area contributed by atoms with Gasteiger partial charge in [-0.15, -0.1) is 0 Å². The number of hydrogen-bond donors (Lipinski definition) is 1. The summed E-state index contributed by atoms with van der Waals surface area (Å²) in [5.41, 5.74) is 0.133. The van der Waals surface area contributed by atoms with Gasteiger partial charge in [0.25, 0.3) is 10.0 Å². The number of benzene rings is 3. The predicted molar refractivity (Wildman–Crippen MR) is 113 cm³/mol. The van der Waals surface area contributed by atoms with Crippen molar-refractivity contribution in [3.63, 3.8) is 0 Å². The molecule has 0 aliphatic rings. The quantitative estimate of drug-likeness (QED) is 0.573. The molecule has 156 valence electrons. The maximum absolute atomic E-state index is 12.9. The largest absolute Gasteiger partial charge is 0.462 e. The zero-order valence-corrected chi connectivity index (χ0v) is 17.4. The summed E-state index contributed by atoms with van der Waals surface area (Å²) >= 11 is 0. The molecule has 0 atom stereocenters. The summed E-state index contributed by atoms with van der Waals surface area (Å²) in [5, 5.41) is 1.68. The first-order valence-corrected chi connectivity index (χ1v) is 10.8. The normalized spacial score (nSPS) is 11.1. The van der Waals surface area contributed by atoms with Gasteiger partial charge in [-0.25, -0.2) is 18.0 Å². The van der Waals surface area contributed by atoms with Crippen molar-refractivity contribution >= 4 is 38.4 Å². The molecule has 0 saturated carbocycles. The van der Waals surface area contributed by atoms with Crippen LogP contribution in [0.5, 0.6) is 0 Å². The van der Waals surface area contributed by atoms with Crippen LogP contribution in [0, 0.1) is 0 Å². The number of rotatable bonds is 7. The third-order valence-corrected chi connectivity index (χ3v) is 5.62. The van der Waals surface area contributed by atoms with Gasteiger partial charge in [-0.1, -0.05) is 30.3 Å². The second-order valence-corrected chi connectivity index (χ2v) is 8.04. The van der Waals surface area contributed by atoms with Crippen LogP contribution >= 0.6 is 0 Å². The lowest BCUT2D eigenvalue weighted by atomic mass is 10.1. The number of nitrogens with one attached hydrogen (secondary N) is 1. The second-order valence-electron chi connectivity index (χ2n) is 6.35. The van der Waals surface area contributed by atoms with Gasteiger partial charge < -0.3 is 9.47 Å². The van der Waals surface area contributed by atoms with Crippen LogP contribution in [0.15, 0.2) is 65.6 Å². The van der Waals surface area contributed by atoms with Crippen molar-refractivity contribution in [3.05, 3.63) is 71.8 Å². The van der Waals surface area contributed by atoms with Gasteiger partial charge in [-0.05, 0) is 55.0 Å². The summed E-state index contributed by atoms with van der Waals surface area (Å²) in [6.07, 6.45) is 0. The zero-order chi connectivity index (χ0) is 21.7. The average Bonchev–Trinajstić information content (AvgIpc) is 2.73. The molecular weight excluding hydrogens is 406 g/mol. The topological polar surface area (TPSA) is 98.8 Å². The molecule has 0 aromatic heterocycles. The van der Waals surface area contributed by atoms with Crippen molar-refractivity contribution in [2.24, 2.45) is 0 Å². The molecule has 3 aromatic carbocycles. The zero-order valence-electron chi connectivity index (χ0n) is 16.5. The van der Waals surface area contributed by atoms with Gasteiger partial charge in [-0.2, -0.15) is 0 Å². The smallest absolute Gasteiger partial charge is 0.338 e. The summed E-state index contributed by atoms with van der Waals surface area (Å²) in [7, 11) is -3.97. The molecule has 0 amide bonds. The maximum Gasteiger partial charge on any atom is 0.338 e. The molecule has 3 aromatic rings. The number of esters is 2. The Bertz CT molecular complexity index is 1170. The minimum Gasteiger partial charge on any atom is -0.462 e. The van der Waals surface area contributed by atoms with Crippen LogP contribution in [-0.4, -0.2) is 33.6 Å². The SMILES string of the molecule is CCOC(=O)c1cc(NS(=O)(=O)c2ccc3ccccc3c2)cc(C(=O)OCC)c1. The molecule has 30 heavy (non-hydrogen) atoms. The van der Waals surface area contributed by atoms with E-state index in [0.29, 0.717) is 0 Å². The average molecular weight is 427 g/mol. The van der Waals surface area contributed by atoms with E-state index in [4.69, 9.17) is 9.47 Å². The van der Waals surface area contributed by atoms with Crippen LogP contribution in [-0.2, 0) is 19.5 Å². The molecular formula is C22H21NO6S. The Morgan fingerprint density at radius 1 is 0.800 bits per heavy atom. The number of carbonyl (C=O) groups excluding carboxylic acids is 2. The van der Waals surface area contributed by atoms with Crippen LogP contribution in [0.4, 0.5) is 5.69 Å². The number of fused-ring (bicyclic) bond motifs is 1. The molecule has 0 bridgehead atoms. The molecule has 0 heterocycles. The maximum atomic E-state index is 12.9. The molecule has 0 spiro atoms. The van der Waals surface area contributed by atoms with E-state index in [1.54, 1.807) is 26.0 Å². The first kappa shape index (κ1) is 21.3. The minimum absolute atomic E-state index is 0.0404. The first-order chi connectivity index (χ1) is 14.3. The van der Waals surface area contributed by atoms with Gasteiger partial charge in [0.2, 0.25) is 0 Å². The van der Waals surface area contributed by atoms with Gasteiger partial charge in [-0.3, -0.25) is 4.72 Å². The predicted octanol–water partition coefficient (Wildman–Crippen LogP) is 3.99. The van der Waals surface area contributed by atoms with Gasteiger partial charge in [0, 0.05) is 0 Å². The first-order valence-electron chi connectivity index (χ1n) is 9.35. The Hall–Kier alpha value is -3.39. The van der Waals surface area contributed by atoms with Crippen molar-refractivity contribution in [1.29, 1.82) is 0 Å². The van der Waals surface area contributed by atoms with E-state index in [1.807, 2.05) is 24.3 Å². The number of hydrogen-bond acceptors (Lipinski definition) is 6. The van der Waals surface area contributed by atoms with Crippen LogP contribution in [0.25, 0.3) is 10.8 Å². The van der Waals surface area contributed by atoms with E-state index < -0.39 is 22.0 Å². The minimum atomic E-state index is -3.97. The van der Waals surface area contributed by atoms with E-state index in [9.17, 15) is 18.0 Å². The molecule has 0 saturated heterocycles. The highest BCUT2D eigenvalue weighted by atomic mass is 32.2. The Morgan fingerprint density at radius 2 is 1.37 bits per heavy atom. The number of sulfonamides is 1. The number of carbonyl (C=O) groups is 2. The summed E-state index contributed by atoms with van der Waals surface area (Å²) in [5.74, 6) is -1.34. The van der Waals surface area contributed by atoms with Crippen LogP contribution in [0.3, 0.4) is 0 Å². The molecule has 3 rings (SSSR count). The fourth-order valence-corrected chi connectivity index (χ4v) is 3.98. The highest BCUT2D eigenvalue weighted by Gasteiger charge is 2.19. The lowest BCUT2D eigenvalue weighted by Gasteiger charge is -2.12. The molecule has 0 fully saturated rings. The molecule has 8 heteroatoms. The highest BCUT2D eigenvalue weighted by molar-refractivity contribution is 7.92.